The number of nitrogens with one attached hydrogen (secondary N) is 1. The molecule has 2 aromatic heterocycles. The lowest BCUT2D eigenvalue weighted by atomic mass is 10.0. The molecule has 0 spiro atoms. The fourth-order valence-electron chi connectivity index (χ4n) is 3.40. The molecule has 0 radical (unpaired) electrons. The molecule has 1 fully saturated rings. The Morgan fingerprint density at radius 3 is 2.69 bits per heavy atom. The van der Waals surface area contributed by atoms with Gasteiger partial charge in [0.15, 0.2) is 0 Å². The van der Waals surface area contributed by atoms with Crippen LogP contribution in [0, 0.1) is 5.92 Å². The number of pyridine rings is 2. The van der Waals surface area contributed by atoms with Gasteiger partial charge in [0.2, 0.25) is 5.91 Å². The molecule has 1 aliphatic carbocycles. The van der Waals surface area contributed by atoms with Gasteiger partial charge in [-0.1, -0.05) is 12.5 Å². The first-order valence-corrected chi connectivity index (χ1v) is 9.01. The third kappa shape index (κ3) is 4.45. The molecule has 26 heavy (non-hydrogen) atoms. The summed E-state index contributed by atoms with van der Waals surface area (Å²) in [5.74, 6) is -0.207. The van der Waals surface area contributed by atoms with Crippen LogP contribution in [-0.4, -0.2) is 46.3 Å². The van der Waals surface area contributed by atoms with Crippen LogP contribution in [0.4, 0.5) is 0 Å². The van der Waals surface area contributed by atoms with Crippen LogP contribution < -0.4 is 5.32 Å². The van der Waals surface area contributed by atoms with Crippen molar-refractivity contribution in [2.24, 2.45) is 5.92 Å². The average Bonchev–Trinajstić information content (AvgIpc) is 3.15. The second-order valence-corrected chi connectivity index (χ2v) is 6.68. The number of amides is 2. The number of hydrogen-bond acceptors (Lipinski definition) is 4. The summed E-state index contributed by atoms with van der Waals surface area (Å²) in [6.07, 6.45) is 8.28. The summed E-state index contributed by atoms with van der Waals surface area (Å²) in [5.41, 5.74) is 1.54. The monoisotopic (exact) mass is 352 g/mol. The maximum absolute atomic E-state index is 12.8. The minimum absolute atomic E-state index is 0.0958. The van der Waals surface area contributed by atoms with Crippen molar-refractivity contribution < 1.29 is 9.59 Å². The molecule has 2 heterocycles. The molecular formula is C20H24N4O2. The lowest BCUT2D eigenvalue weighted by molar-refractivity contribution is -0.134. The van der Waals surface area contributed by atoms with E-state index < -0.39 is 0 Å². The van der Waals surface area contributed by atoms with Gasteiger partial charge in [-0.05, 0) is 37.1 Å². The highest BCUT2D eigenvalue weighted by Crippen LogP contribution is 2.27. The van der Waals surface area contributed by atoms with Crippen LogP contribution >= 0.6 is 0 Å². The van der Waals surface area contributed by atoms with Crippen LogP contribution in [0.3, 0.4) is 0 Å². The summed E-state index contributed by atoms with van der Waals surface area (Å²) in [6.45, 7) is 0.622. The molecule has 2 aromatic rings. The van der Waals surface area contributed by atoms with Crippen LogP contribution in [-0.2, 0) is 11.2 Å². The predicted octanol–water partition coefficient (Wildman–Crippen LogP) is 2.08. The molecule has 0 bridgehead atoms. The average molecular weight is 352 g/mol. The number of aromatic nitrogens is 2. The van der Waals surface area contributed by atoms with E-state index in [-0.39, 0.29) is 23.8 Å². The Morgan fingerprint density at radius 2 is 1.96 bits per heavy atom. The van der Waals surface area contributed by atoms with Gasteiger partial charge < -0.3 is 10.2 Å². The third-order valence-corrected chi connectivity index (χ3v) is 4.90. The van der Waals surface area contributed by atoms with Gasteiger partial charge in [0.25, 0.3) is 5.91 Å². The van der Waals surface area contributed by atoms with E-state index in [0.29, 0.717) is 12.1 Å². The van der Waals surface area contributed by atoms with Crippen molar-refractivity contribution in [1.82, 2.24) is 20.2 Å². The minimum Gasteiger partial charge on any atom is -0.349 e. The normalized spacial score (nSPS) is 19.1. The fourth-order valence-corrected chi connectivity index (χ4v) is 3.40. The summed E-state index contributed by atoms with van der Waals surface area (Å²) in [5, 5.41) is 3.03. The van der Waals surface area contributed by atoms with Crippen LogP contribution in [0.1, 0.15) is 35.3 Å². The summed E-state index contributed by atoms with van der Waals surface area (Å²) in [6, 6.07) is 9.05. The molecular weight excluding hydrogens is 328 g/mol. The van der Waals surface area contributed by atoms with E-state index in [1.54, 1.807) is 35.6 Å². The standard InChI is InChI=1S/C20H24N4O2/c1-24(14-10-16-5-2-3-11-22-16)20(26)17-6-4-7-18(17)23-19(25)15-8-12-21-13-9-15/h2-3,5,8-9,11-13,17-18H,4,6-7,10,14H2,1H3,(H,23,25)/t17-,18+/m0/s1. The van der Waals surface area contributed by atoms with Crippen LogP contribution in [0.2, 0.25) is 0 Å². The zero-order chi connectivity index (χ0) is 18.4. The van der Waals surface area contributed by atoms with Gasteiger partial charge in [-0.3, -0.25) is 19.6 Å². The predicted molar refractivity (Wildman–Crippen MR) is 98.4 cm³/mol. The molecule has 3 rings (SSSR count). The molecule has 136 valence electrons. The van der Waals surface area contributed by atoms with Crippen molar-refractivity contribution >= 4 is 11.8 Å². The molecule has 2 atom stereocenters. The van der Waals surface area contributed by atoms with Crippen LogP contribution in [0.25, 0.3) is 0 Å². The number of hydrogen-bond donors (Lipinski definition) is 1. The largest absolute Gasteiger partial charge is 0.349 e. The summed E-state index contributed by atoms with van der Waals surface area (Å²) in [7, 11) is 1.82. The van der Waals surface area contributed by atoms with Crippen LogP contribution in [0.5, 0.6) is 0 Å². The second kappa shape index (κ2) is 8.56. The van der Waals surface area contributed by atoms with Gasteiger partial charge in [0, 0.05) is 55.9 Å². The number of rotatable bonds is 6. The Labute approximate surface area is 153 Å². The first-order valence-electron chi connectivity index (χ1n) is 9.01. The molecule has 6 heteroatoms. The summed E-state index contributed by atoms with van der Waals surface area (Å²) < 4.78 is 0. The van der Waals surface area contributed by atoms with E-state index in [1.165, 1.54) is 0 Å². The Bertz CT molecular complexity index is 736. The molecule has 0 aromatic carbocycles. The topological polar surface area (TPSA) is 75.2 Å². The van der Waals surface area contributed by atoms with Crippen molar-refractivity contribution in [3.05, 3.63) is 60.2 Å². The zero-order valence-electron chi connectivity index (χ0n) is 15.0. The molecule has 0 aliphatic heterocycles. The van der Waals surface area contributed by atoms with E-state index in [2.05, 4.69) is 15.3 Å². The third-order valence-electron chi connectivity index (χ3n) is 4.90. The van der Waals surface area contributed by atoms with Crippen molar-refractivity contribution in [2.75, 3.05) is 13.6 Å². The highest BCUT2D eigenvalue weighted by Gasteiger charge is 2.35. The van der Waals surface area contributed by atoms with E-state index in [9.17, 15) is 9.59 Å². The van der Waals surface area contributed by atoms with E-state index in [1.807, 2.05) is 25.2 Å². The minimum atomic E-state index is -0.158. The number of carbonyl (C=O) groups is 2. The van der Waals surface area contributed by atoms with Gasteiger partial charge in [-0.15, -0.1) is 0 Å². The van der Waals surface area contributed by atoms with E-state index >= 15 is 0 Å². The highest BCUT2D eigenvalue weighted by molar-refractivity contribution is 5.94. The first kappa shape index (κ1) is 18.0. The molecule has 6 nitrogen and oxygen atoms in total. The van der Waals surface area contributed by atoms with E-state index in [4.69, 9.17) is 0 Å². The quantitative estimate of drug-likeness (QED) is 0.864. The Balaban J connectivity index is 1.56. The number of likely N-dealkylation sites (N-methyl/N-ethyl adjacent to an activating group) is 1. The smallest absolute Gasteiger partial charge is 0.251 e. The molecule has 0 saturated heterocycles. The maximum atomic E-state index is 12.8. The molecule has 1 aliphatic rings. The van der Waals surface area contributed by atoms with E-state index in [0.717, 1.165) is 31.4 Å². The Morgan fingerprint density at radius 1 is 1.15 bits per heavy atom. The zero-order valence-corrected chi connectivity index (χ0v) is 15.0. The fraction of sp³-hybridized carbons (Fsp3) is 0.400. The molecule has 1 N–H and O–H groups in total. The molecule has 0 unspecified atom stereocenters. The van der Waals surface area contributed by atoms with Gasteiger partial charge in [-0.2, -0.15) is 0 Å². The van der Waals surface area contributed by atoms with Gasteiger partial charge in [0.1, 0.15) is 0 Å². The SMILES string of the molecule is CN(CCc1ccccn1)C(=O)[C@H]1CCC[C@H]1NC(=O)c1ccncc1. The van der Waals surface area contributed by atoms with Gasteiger partial charge in [-0.25, -0.2) is 0 Å². The van der Waals surface area contributed by atoms with Crippen molar-refractivity contribution in [1.29, 1.82) is 0 Å². The highest BCUT2D eigenvalue weighted by atomic mass is 16.2. The number of nitrogens with zero attached hydrogens (tertiary/aromatic N) is 3. The van der Waals surface area contributed by atoms with Gasteiger partial charge in [0.05, 0.1) is 5.92 Å². The number of carbonyl (C=O) groups excluding carboxylic acids is 2. The maximum Gasteiger partial charge on any atom is 0.251 e. The lowest BCUT2D eigenvalue weighted by Crippen LogP contribution is -2.45. The molecule has 2 amide bonds. The Kier molecular flexibility index (Phi) is 5.94. The lowest BCUT2D eigenvalue weighted by Gasteiger charge is -2.25. The first-order chi connectivity index (χ1) is 12.6. The Hall–Kier alpha value is -2.76. The molecule has 1 saturated carbocycles. The second-order valence-electron chi connectivity index (χ2n) is 6.68. The van der Waals surface area contributed by atoms with Crippen molar-refractivity contribution in [3.8, 4) is 0 Å². The van der Waals surface area contributed by atoms with Gasteiger partial charge >= 0.3 is 0 Å². The van der Waals surface area contributed by atoms with Crippen LogP contribution in [0.15, 0.2) is 48.9 Å². The summed E-state index contributed by atoms with van der Waals surface area (Å²) >= 11 is 0. The summed E-state index contributed by atoms with van der Waals surface area (Å²) in [4.78, 5) is 35.2. The van der Waals surface area contributed by atoms with Crippen molar-refractivity contribution in [2.45, 2.75) is 31.7 Å². The van der Waals surface area contributed by atoms with Crippen molar-refractivity contribution in [3.63, 3.8) is 0 Å².